The molecule has 2 N–H and O–H groups in total. The monoisotopic (exact) mass is 224 g/mol. The van der Waals surface area contributed by atoms with Crippen molar-refractivity contribution in [1.82, 2.24) is 10.6 Å². The van der Waals surface area contributed by atoms with Crippen LogP contribution in [-0.2, 0) is 4.79 Å². The standard InChI is InChI=1S/C13H24N2O/c1-2-3-4-5-6-13(16)15-11-12-7-9-14-10-8-12/h7,14H,2-6,8-11H2,1H3,(H,15,16). The summed E-state index contributed by atoms with van der Waals surface area (Å²) in [5, 5.41) is 6.26. The van der Waals surface area contributed by atoms with Gasteiger partial charge in [-0.2, -0.15) is 0 Å². The van der Waals surface area contributed by atoms with Crippen molar-refractivity contribution in [2.75, 3.05) is 19.6 Å². The highest BCUT2D eigenvalue weighted by molar-refractivity contribution is 5.76. The van der Waals surface area contributed by atoms with E-state index in [-0.39, 0.29) is 5.91 Å². The number of nitrogens with one attached hydrogen (secondary N) is 2. The SMILES string of the molecule is CCCCCCC(=O)NCC1=CCNCC1. The molecule has 1 amide bonds. The molecule has 0 aromatic carbocycles. The van der Waals surface area contributed by atoms with Gasteiger partial charge in [0.2, 0.25) is 5.91 Å². The maximum atomic E-state index is 11.5. The normalized spacial score (nSPS) is 15.7. The van der Waals surface area contributed by atoms with Crippen LogP contribution in [0.3, 0.4) is 0 Å². The lowest BCUT2D eigenvalue weighted by molar-refractivity contribution is -0.121. The van der Waals surface area contributed by atoms with Gasteiger partial charge in [0.25, 0.3) is 0 Å². The molecule has 16 heavy (non-hydrogen) atoms. The molecule has 0 saturated heterocycles. The Labute approximate surface area is 98.7 Å². The van der Waals surface area contributed by atoms with E-state index in [9.17, 15) is 4.79 Å². The van der Waals surface area contributed by atoms with Crippen LogP contribution in [0.15, 0.2) is 11.6 Å². The van der Waals surface area contributed by atoms with Crippen LogP contribution in [0, 0.1) is 0 Å². The van der Waals surface area contributed by atoms with Crippen LogP contribution < -0.4 is 10.6 Å². The lowest BCUT2D eigenvalue weighted by Gasteiger charge is -2.14. The van der Waals surface area contributed by atoms with E-state index in [2.05, 4.69) is 23.6 Å². The zero-order valence-electron chi connectivity index (χ0n) is 10.3. The van der Waals surface area contributed by atoms with E-state index < -0.39 is 0 Å². The summed E-state index contributed by atoms with van der Waals surface area (Å²) < 4.78 is 0. The first-order valence-corrected chi connectivity index (χ1v) is 6.48. The summed E-state index contributed by atoms with van der Waals surface area (Å²) in [4.78, 5) is 11.5. The second kappa shape index (κ2) is 8.34. The van der Waals surface area contributed by atoms with Gasteiger partial charge in [-0.15, -0.1) is 0 Å². The Kier molecular flexibility index (Phi) is 6.90. The summed E-state index contributed by atoms with van der Waals surface area (Å²) in [6.07, 6.45) is 8.60. The van der Waals surface area contributed by atoms with E-state index in [1.165, 1.54) is 24.8 Å². The third-order valence-corrected chi connectivity index (χ3v) is 2.93. The first kappa shape index (κ1) is 13.2. The molecule has 1 rings (SSSR count). The van der Waals surface area contributed by atoms with Gasteiger partial charge in [-0.3, -0.25) is 4.79 Å². The average Bonchev–Trinajstić information content (AvgIpc) is 2.33. The van der Waals surface area contributed by atoms with Gasteiger partial charge in [0, 0.05) is 19.5 Å². The smallest absolute Gasteiger partial charge is 0.220 e. The molecule has 0 atom stereocenters. The van der Waals surface area contributed by atoms with E-state index >= 15 is 0 Å². The largest absolute Gasteiger partial charge is 0.352 e. The van der Waals surface area contributed by atoms with Crippen LogP contribution in [0.2, 0.25) is 0 Å². The van der Waals surface area contributed by atoms with Crippen LogP contribution in [0.5, 0.6) is 0 Å². The van der Waals surface area contributed by atoms with Crippen LogP contribution in [0.25, 0.3) is 0 Å². The Balaban J connectivity index is 2.03. The maximum Gasteiger partial charge on any atom is 0.220 e. The van der Waals surface area contributed by atoms with Crippen LogP contribution >= 0.6 is 0 Å². The Morgan fingerprint density at radius 2 is 2.31 bits per heavy atom. The third kappa shape index (κ3) is 5.91. The van der Waals surface area contributed by atoms with Crippen LogP contribution in [0.4, 0.5) is 0 Å². The third-order valence-electron chi connectivity index (χ3n) is 2.93. The molecule has 1 heterocycles. The minimum absolute atomic E-state index is 0.204. The quantitative estimate of drug-likeness (QED) is 0.513. The van der Waals surface area contributed by atoms with Crippen molar-refractivity contribution in [1.29, 1.82) is 0 Å². The second-order valence-corrected chi connectivity index (χ2v) is 4.40. The number of amides is 1. The fraction of sp³-hybridized carbons (Fsp3) is 0.769. The van der Waals surface area contributed by atoms with E-state index in [0.29, 0.717) is 6.42 Å². The molecule has 0 saturated carbocycles. The molecule has 0 aromatic heterocycles. The fourth-order valence-corrected chi connectivity index (χ4v) is 1.84. The van der Waals surface area contributed by atoms with Gasteiger partial charge in [0.1, 0.15) is 0 Å². The Morgan fingerprint density at radius 3 is 3.00 bits per heavy atom. The summed E-state index contributed by atoms with van der Waals surface area (Å²) in [7, 11) is 0. The number of hydrogen-bond acceptors (Lipinski definition) is 2. The summed E-state index contributed by atoms with van der Waals surface area (Å²) >= 11 is 0. The zero-order chi connectivity index (χ0) is 11.6. The lowest BCUT2D eigenvalue weighted by Crippen LogP contribution is -2.29. The van der Waals surface area contributed by atoms with Crippen LogP contribution in [-0.4, -0.2) is 25.5 Å². The summed E-state index contributed by atoms with van der Waals surface area (Å²) in [5.41, 5.74) is 1.36. The van der Waals surface area contributed by atoms with E-state index in [1.807, 2.05) is 0 Å². The molecule has 3 nitrogen and oxygen atoms in total. The van der Waals surface area contributed by atoms with E-state index in [1.54, 1.807) is 0 Å². The van der Waals surface area contributed by atoms with Crippen molar-refractivity contribution < 1.29 is 4.79 Å². The van der Waals surface area contributed by atoms with Gasteiger partial charge in [-0.25, -0.2) is 0 Å². The molecule has 3 heteroatoms. The Bertz CT molecular complexity index is 236. The van der Waals surface area contributed by atoms with Crippen molar-refractivity contribution in [2.45, 2.75) is 45.4 Å². The molecule has 0 unspecified atom stereocenters. The first-order valence-electron chi connectivity index (χ1n) is 6.48. The summed E-state index contributed by atoms with van der Waals surface area (Å²) in [6, 6.07) is 0. The van der Waals surface area contributed by atoms with E-state index in [0.717, 1.165) is 32.5 Å². The fourth-order valence-electron chi connectivity index (χ4n) is 1.84. The highest BCUT2D eigenvalue weighted by atomic mass is 16.1. The minimum atomic E-state index is 0.204. The predicted molar refractivity (Wildman–Crippen MR) is 67.3 cm³/mol. The van der Waals surface area contributed by atoms with Gasteiger partial charge in [-0.05, 0) is 19.4 Å². The molecule has 92 valence electrons. The van der Waals surface area contributed by atoms with Crippen LogP contribution in [0.1, 0.15) is 45.4 Å². The van der Waals surface area contributed by atoms with Gasteiger partial charge in [0.05, 0.1) is 0 Å². The van der Waals surface area contributed by atoms with Gasteiger partial charge in [0.15, 0.2) is 0 Å². The lowest BCUT2D eigenvalue weighted by atomic mass is 10.1. The molecule has 0 fully saturated rings. The van der Waals surface area contributed by atoms with Gasteiger partial charge >= 0.3 is 0 Å². The summed E-state index contributed by atoms with van der Waals surface area (Å²) in [6.45, 7) is 4.91. The number of carbonyl (C=O) groups is 1. The molecular formula is C13H24N2O. The van der Waals surface area contributed by atoms with Gasteiger partial charge in [-0.1, -0.05) is 37.8 Å². The number of carbonyl (C=O) groups excluding carboxylic acids is 1. The number of unbranched alkanes of at least 4 members (excludes halogenated alkanes) is 3. The molecule has 0 aliphatic carbocycles. The van der Waals surface area contributed by atoms with Gasteiger partial charge < -0.3 is 10.6 Å². The molecule has 0 aromatic rings. The molecule has 1 aliphatic heterocycles. The summed E-state index contributed by atoms with van der Waals surface area (Å²) in [5.74, 6) is 0.204. The highest BCUT2D eigenvalue weighted by Crippen LogP contribution is 2.04. The second-order valence-electron chi connectivity index (χ2n) is 4.40. The van der Waals surface area contributed by atoms with Crippen molar-refractivity contribution in [3.05, 3.63) is 11.6 Å². The average molecular weight is 224 g/mol. The molecule has 0 spiro atoms. The van der Waals surface area contributed by atoms with Crippen molar-refractivity contribution in [3.63, 3.8) is 0 Å². The maximum absolute atomic E-state index is 11.5. The molecule has 0 bridgehead atoms. The molecule has 1 aliphatic rings. The molecule has 0 radical (unpaired) electrons. The predicted octanol–water partition coefficient (Wildman–Crippen LogP) is 1.99. The Hall–Kier alpha value is -0.830. The highest BCUT2D eigenvalue weighted by Gasteiger charge is 2.05. The van der Waals surface area contributed by atoms with E-state index in [4.69, 9.17) is 0 Å². The zero-order valence-corrected chi connectivity index (χ0v) is 10.3. The van der Waals surface area contributed by atoms with Crippen molar-refractivity contribution >= 4 is 5.91 Å². The first-order chi connectivity index (χ1) is 7.83. The topological polar surface area (TPSA) is 41.1 Å². The Morgan fingerprint density at radius 1 is 1.44 bits per heavy atom. The number of rotatable bonds is 7. The number of hydrogen-bond donors (Lipinski definition) is 2. The van der Waals surface area contributed by atoms with Crippen molar-refractivity contribution in [3.8, 4) is 0 Å². The van der Waals surface area contributed by atoms with Crippen molar-refractivity contribution in [2.24, 2.45) is 0 Å². The molecular weight excluding hydrogens is 200 g/mol. The minimum Gasteiger partial charge on any atom is -0.352 e.